The lowest BCUT2D eigenvalue weighted by Gasteiger charge is -2.24. The number of halogens is 1. The van der Waals surface area contributed by atoms with Gasteiger partial charge in [-0.05, 0) is 12.0 Å². The second-order valence-corrected chi connectivity index (χ2v) is 4.84. The predicted molar refractivity (Wildman–Crippen MR) is 82.3 cm³/mol. The number of morpholine rings is 1. The van der Waals surface area contributed by atoms with Gasteiger partial charge in [-0.15, -0.1) is 12.4 Å². The Hall–Kier alpha value is -1.10. The van der Waals surface area contributed by atoms with Gasteiger partial charge >= 0.3 is 0 Å². The molecule has 2 N–H and O–H groups in total. The second-order valence-electron chi connectivity index (χ2n) is 4.84. The fourth-order valence-electron chi connectivity index (χ4n) is 2.30. The zero-order valence-electron chi connectivity index (χ0n) is 11.8. The maximum absolute atomic E-state index is 12.0. The normalized spacial score (nSPS) is 19.8. The highest BCUT2D eigenvalue weighted by Crippen LogP contribution is 2.17. The number of carbonyl (C=O) groups excluding carboxylic acids is 1. The first-order chi connectivity index (χ1) is 9.31. The molecule has 0 radical (unpaired) electrons. The summed E-state index contributed by atoms with van der Waals surface area (Å²) in [5, 5.41) is 6.18. The molecule has 0 aliphatic carbocycles. The molecule has 1 saturated heterocycles. The van der Waals surface area contributed by atoms with Crippen molar-refractivity contribution >= 4 is 18.3 Å². The van der Waals surface area contributed by atoms with Crippen LogP contribution in [0.3, 0.4) is 0 Å². The van der Waals surface area contributed by atoms with Gasteiger partial charge in [0.1, 0.15) is 6.04 Å². The van der Waals surface area contributed by atoms with Crippen molar-refractivity contribution in [3.8, 4) is 0 Å². The molecule has 2 rings (SSSR count). The van der Waals surface area contributed by atoms with Gasteiger partial charge < -0.3 is 15.4 Å². The van der Waals surface area contributed by atoms with Crippen LogP contribution in [0.1, 0.15) is 24.8 Å². The highest BCUT2D eigenvalue weighted by Gasteiger charge is 2.21. The van der Waals surface area contributed by atoms with Gasteiger partial charge in [0.15, 0.2) is 0 Å². The minimum atomic E-state index is -0.206. The third kappa shape index (κ3) is 4.78. The summed E-state index contributed by atoms with van der Waals surface area (Å²) in [7, 11) is 0. The van der Waals surface area contributed by atoms with Crippen molar-refractivity contribution in [1.29, 1.82) is 0 Å². The predicted octanol–water partition coefficient (Wildman–Crippen LogP) is 1.71. The van der Waals surface area contributed by atoms with Crippen molar-refractivity contribution < 1.29 is 9.53 Å². The lowest BCUT2D eigenvalue weighted by atomic mass is 9.96. The molecular weight excluding hydrogens is 276 g/mol. The van der Waals surface area contributed by atoms with Crippen molar-refractivity contribution in [3.63, 3.8) is 0 Å². The Morgan fingerprint density at radius 3 is 2.80 bits per heavy atom. The van der Waals surface area contributed by atoms with Crippen LogP contribution in [-0.4, -0.2) is 38.3 Å². The second kappa shape index (κ2) is 8.95. The molecule has 2 atom stereocenters. The Balaban J connectivity index is 0.00000200. The molecule has 112 valence electrons. The van der Waals surface area contributed by atoms with E-state index >= 15 is 0 Å². The van der Waals surface area contributed by atoms with Crippen molar-refractivity contribution in [1.82, 2.24) is 10.6 Å². The van der Waals surface area contributed by atoms with Crippen LogP contribution in [0.15, 0.2) is 30.3 Å². The van der Waals surface area contributed by atoms with Gasteiger partial charge in [0.25, 0.3) is 0 Å². The molecule has 1 aromatic rings. The monoisotopic (exact) mass is 298 g/mol. The molecule has 1 heterocycles. The van der Waals surface area contributed by atoms with Crippen molar-refractivity contribution in [3.05, 3.63) is 35.9 Å². The van der Waals surface area contributed by atoms with Gasteiger partial charge in [0.05, 0.1) is 13.2 Å². The first-order valence-corrected chi connectivity index (χ1v) is 6.95. The standard InChI is InChI=1S/C15H22N2O2.ClH/c1-2-12(13-6-4-3-5-7-13)10-17-15(18)14-11-19-9-8-16-14;/h3-7,12,14,16H,2,8-11H2,1H3,(H,17,18);1H. The van der Waals surface area contributed by atoms with E-state index in [0.29, 0.717) is 25.7 Å². The fourth-order valence-corrected chi connectivity index (χ4v) is 2.30. The molecule has 0 aromatic heterocycles. The molecule has 5 heteroatoms. The van der Waals surface area contributed by atoms with Gasteiger partial charge in [-0.25, -0.2) is 0 Å². The molecule has 0 spiro atoms. The Morgan fingerprint density at radius 1 is 1.45 bits per heavy atom. The van der Waals surface area contributed by atoms with Crippen LogP contribution < -0.4 is 10.6 Å². The van der Waals surface area contributed by atoms with Crippen LogP contribution in [-0.2, 0) is 9.53 Å². The molecule has 1 fully saturated rings. The molecule has 1 aliphatic rings. The molecule has 0 saturated carbocycles. The lowest BCUT2D eigenvalue weighted by molar-refractivity contribution is -0.125. The minimum absolute atomic E-state index is 0. The SMILES string of the molecule is CCC(CNC(=O)C1COCCN1)c1ccccc1.Cl. The Morgan fingerprint density at radius 2 is 2.20 bits per heavy atom. The quantitative estimate of drug-likeness (QED) is 0.870. The fraction of sp³-hybridized carbons (Fsp3) is 0.533. The number of ether oxygens (including phenoxy) is 1. The van der Waals surface area contributed by atoms with Gasteiger partial charge in [0.2, 0.25) is 5.91 Å². The zero-order valence-corrected chi connectivity index (χ0v) is 12.6. The molecule has 1 aliphatic heterocycles. The van der Waals surface area contributed by atoms with Crippen LogP contribution in [0.5, 0.6) is 0 Å². The summed E-state index contributed by atoms with van der Waals surface area (Å²) in [6.07, 6.45) is 1.01. The first-order valence-electron chi connectivity index (χ1n) is 6.95. The van der Waals surface area contributed by atoms with Gasteiger partial charge in [-0.2, -0.15) is 0 Å². The van der Waals surface area contributed by atoms with Crippen molar-refractivity contribution in [2.45, 2.75) is 25.3 Å². The largest absolute Gasteiger partial charge is 0.378 e. The summed E-state index contributed by atoms with van der Waals surface area (Å²) in [6, 6.07) is 10.1. The summed E-state index contributed by atoms with van der Waals surface area (Å²) in [5.41, 5.74) is 1.28. The van der Waals surface area contributed by atoms with Crippen LogP contribution in [0.2, 0.25) is 0 Å². The summed E-state index contributed by atoms with van der Waals surface area (Å²) in [5.74, 6) is 0.406. The average Bonchev–Trinajstić information content (AvgIpc) is 2.49. The molecule has 1 amide bonds. The number of nitrogens with one attached hydrogen (secondary N) is 2. The van der Waals surface area contributed by atoms with Crippen LogP contribution in [0.4, 0.5) is 0 Å². The Labute approximate surface area is 126 Å². The highest BCUT2D eigenvalue weighted by molar-refractivity contribution is 5.85. The summed E-state index contributed by atoms with van der Waals surface area (Å²) < 4.78 is 5.30. The number of carbonyl (C=O) groups is 1. The third-order valence-electron chi connectivity index (χ3n) is 3.52. The van der Waals surface area contributed by atoms with E-state index in [-0.39, 0.29) is 24.4 Å². The number of hydrogen-bond donors (Lipinski definition) is 2. The van der Waals surface area contributed by atoms with Gasteiger partial charge in [-0.1, -0.05) is 37.3 Å². The maximum Gasteiger partial charge on any atom is 0.239 e. The molecule has 4 nitrogen and oxygen atoms in total. The van der Waals surface area contributed by atoms with Crippen molar-refractivity contribution in [2.24, 2.45) is 0 Å². The van der Waals surface area contributed by atoms with Crippen LogP contribution in [0, 0.1) is 0 Å². The summed E-state index contributed by atoms with van der Waals surface area (Å²) >= 11 is 0. The van der Waals surface area contributed by atoms with E-state index in [9.17, 15) is 4.79 Å². The van der Waals surface area contributed by atoms with E-state index in [1.807, 2.05) is 18.2 Å². The number of hydrogen-bond acceptors (Lipinski definition) is 3. The number of amides is 1. The third-order valence-corrected chi connectivity index (χ3v) is 3.52. The van der Waals surface area contributed by atoms with E-state index in [4.69, 9.17) is 4.74 Å². The molecule has 1 aromatic carbocycles. The van der Waals surface area contributed by atoms with Gasteiger partial charge in [0, 0.05) is 19.0 Å². The van der Waals surface area contributed by atoms with E-state index in [1.54, 1.807) is 0 Å². The summed E-state index contributed by atoms with van der Waals surface area (Å²) in [4.78, 5) is 12.0. The van der Waals surface area contributed by atoms with E-state index in [1.165, 1.54) is 5.56 Å². The lowest BCUT2D eigenvalue weighted by Crippen LogP contribution is -2.51. The van der Waals surface area contributed by atoms with E-state index in [0.717, 1.165) is 13.0 Å². The number of benzene rings is 1. The topological polar surface area (TPSA) is 50.4 Å². The Bertz CT molecular complexity index is 394. The average molecular weight is 299 g/mol. The number of rotatable bonds is 5. The zero-order chi connectivity index (χ0) is 13.5. The smallest absolute Gasteiger partial charge is 0.239 e. The summed E-state index contributed by atoms with van der Waals surface area (Å²) in [6.45, 7) is 4.72. The van der Waals surface area contributed by atoms with Gasteiger partial charge in [-0.3, -0.25) is 4.79 Å². The first kappa shape index (κ1) is 17.0. The molecule has 0 bridgehead atoms. The Kier molecular flexibility index (Phi) is 7.59. The van der Waals surface area contributed by atoms with Crippen LogP contribution >= 0.6 is 12.4 Å². The maximum atomic E-state index is 12.0. The van der Waals surface area contributed by atoms with E-state index in [2.05, 4.69) is 29.7 Å². The molecular formula is C15H23ClN2O2. The van der Waals surface area contributed by atoms with Crippen molar-refractivity contribution in [2.75, 3.05) is 26.3 Å². The van der Waals surface area contributed by atoms with E-state index < -0.39 is 0 Å². The molecule has 2 unspecified atom stereocenters. The minimum Gasteiger partial charge on any atom is -0.378 e. The molecule has 20 heavy (non-hydrogen) atoms. The highest BCUT2D eigenvalue weighted by atomic mass is 35.5. The van der Waals surface area contributed by atoms with Crippen LogP contribution in [0.25, 0.3) is 0 Å².